The van der Waals surface area contributed by atoms with Crippen LogP contribution in [-0.4, -0.2) is 38.9 Å². The van der Waals surface area contributed by atoms with E-state index in [9.17, 15) is 0 Å². The van der Waals surface area contributed by atoms with Gasteiger partial charge in [-0.2, -0.15) is 0 Å². The average molecular weight is 146 g/mol. The Labute approximate surface area is 63.3 Å². The van der Waals surface area contributed by atoms with Crippen LogP contribution >= 0.6 is 0 Å². The molecule has 0 aromatic carbocycles. The third-order valence-electron chi connectivity index (χ3n) is 1.02. The number of hydrogen-bond donors (Lipinski definition) is 1. The summed E-state index contributed by atoms with van der Waals surface area (Å²) in [4.78, 5) is 0. The minimum Gasteiger partial charge on any atom is -0.380 e. The van der Waals surface area contributed by atoms with Crippen LogP contribution in [0.1, 0.15) is 13.3 Å². The monoisotopic (exact) mass is 146 g/mol. The fourth-order valence-corrected chi connectivity index (χ4v) is 0.588. The van der Waals surface area contributed by atoms with Crippen molar-refractivity contribution in [3.05, 3.63) is 0 Å². The van der Waals surface area contributed by atoms with Gasteiger partial charge in [-0.15, -0.1) is 0 Å². The second kappa shape index (κ2) is 6.99. The van der Waals surface area contributed by atoms with Crippen LogP contribution in [0.2, 0.25) is 0 Å². The second-order valence-electron chi connectivity index (χ2n) is 2.41. The maximum atomic E-state index is 5.24. The van der Waals surface area contributed by atoms with Gasteiger partial charge in [0.05, 0.1) is 6.61 Å². The lowest BCUT2D eigenvalue weighted by atomic mass is 10.5. The first-order chi connectivity index (χ1) is 4.77. The minimum absolute atomic E-state index is 0.798. The third-order valence-corrected chi connectivity index (χ3v) is 1.02. The van der Waals surface area contributed by atoms with Crippen LogP contribution in [0.15, 0.2) is 0 Å². The largest absolute Gasteiger partial charge is 0.380 e. The summed E-state index contributed by atoms with van der Waals surface area (Å²) >= 11 is 0. The highest BCUT2D eigenvalue weighted by molar-refractivity contribution is 4.36. The van der Waals surface area contributed by atoms with Crippen molar-refractivity contribution in [2.24, 2.45) is 0 Å². The predicted octanol–water partition coefficient (Wildman–Crippen LogP) is 0.479. The van der Waals surface area contributed by atoms with Gasteiger partial charge in [0.1, 0.15) is 0 Å². The Bertz CT molecular complexity index is 66.6. The van der Waals surface area contributed by atoms with Crippen LogP contribution < -0.4 is 5.43 Å². The van der Waals surface area contributed by atoms with Crippen LogP contribution in [0.4, 0.5) is 0 Å². The first-order valence-electron chi connectivity index (χ1n) is 3.76. The van der Waals surface area contributed by atoms with Crippen molar-refractivity contribution in [2.75, 3.05) is 33.9 Å². The van der Waals surface area contributed by atoms with Gasteiger partial charge >= 0.3 is 0 Å². The highest BCUT2D eigenvalue weighted by Gasteiger charge is 1.87. The van der Waals surface area contributed by atoms with E-state index >= 15 is 0 Å². The molecular formula is C7H18N2O. The Kier molecular flexibility index (Phi) is 6.91. The molecule has 0 fully saturated rings. The van der Waals surface area contributed by atoms with E-state index in [2.05, 4.69) is 12.3 Å². The van der Waals surface area contributed by atoms with Crippen LogP contribution in [-0.2, 0) is 4.74 Å². The molecule has 0 amide bonds. The van der Waals surface area contributed by atoms with Gasteiger partial charge in [0, 0.05) is 27.2 Å². The Balaban J connectivity index is 2.77. The minimum atomic E-state index is 0.798. The summed E-state index contributed by atoms with van der Waals surface area (Å²) in [5.74, 6) is 0. The molecule has 0 radical (unpaired) electrons. The summed E-state index contributed by atoms with van der Waals surface area (Å²) < 4.78 is 5.24. The molecule has 0 saturated carbocycles. The van der Waals surface area contributed by atoms with Crippen LogP contribution in [0.25, 0.3) is 0 Å². The first kappa shape index (κ1) is 9.88. The molecule has 3 heteroatoms. The molecule has 62 valence electrons. The average Bonchev–Trinajstić information content (AvgIpc) is 1.87. The molecule has 0 aromatic rings. The van der Waals surface area contributed by atoms with Crippen molar-refractivity contribution in [3.63, 3.8) is 0 Å². The Morgan fingerprint density at radius 2 is 2.00 bits per heavy atom. The summed E-state index contributed by atoms with van der Waals surface area (Å²) in [7, 11) is 3.94. The molecule has 10 heavy (non-hydrogen) atoms. The van der Waals surface area contributed by atoms with E-state index in [1.165, 1.54) is 0 Å². The number of ether oxygens (including phenoxy) is 1. The van der Waals surface area contributed by atoms with Crippen LogP contribution in [0, 0.1) is 0 Å². The molecular weight excluding hydrogens is 128 g/mol. The van der Waals surface area contributed by atoms with Gasteiger partial charge in [0.2, 0.25) is 0 Å². The van der Waals surface area contributed by atoms with Crippen LogP contribution in [0.3, 0.4) is 0 Å². The first-order valence-corrected chi connectivity index (χ1v) is 3.76. The summed E-state index contributed by atoms with van der Waals surface area (Å²) in [6.07, 6.45) is 1.10. The van der Waals surface area contributed by atoms with Crippen LogP contribution in [0.5, 0.6) is 0 Å². The van der Waals surface area contributed by atoms with Gasteiger partial charge < -0.3 is 4.74 Å². The van der Waals surface area contributed by atoms with Gasteiger partial charge in [-0.1, -0.05) is 6.92 Å². The Morgan fingerprint density at radius 3 is 2.50 bits per heavy atom. The van der Waals surface area contributed by atoms with E-state index in [-0.39, 0.29) is 0 Å². The van der Waals surface area contributed by atoms with Crippen molar-refractivity contribution >= 4 is 0 Å². The van der Waals surface area contributed by atoms with E-state index in [0.29, 0.717) is 0 Å². The smallest absolute Gasteiger partial charge is 0.0604 e. The molecule has 1 N–H and O–H groups in total. The van der Waals surface area contributed by atoms with Crippen molar-refractivity contribution in [1.82, 2.24) is 10.4 Å². The van der Waals surface area contributed by atoms with E-state index in [0.717, 1.165) is 26.2 Å². The van der Waals surface area contributed by atoms with Gasteiger partial charge in [0.25, 0.3) is 0 Å². The highest BCUT2D eigenvalue weighted by Crippen LogP contribution is 1.77. The summed E-state index contributed by atoms with van der Waals surface area (Å²) in [5, 5.41) is 1.93. The molecule has 0 saturated heterocycles. The standard InChI is InChI=1S/C7H18N2O/c1-4-6-10-7-5-8-9(2)3/h8H,4-7H2,1-3H3. The maximum Gasteiger partial charge on any atom is 0.0604 e. The van der Waals surface area contributed by atoms with Gasteiger partial charge in [-0.05, 0) is 6.42 Å². The molecule has 0 heterocycles. The molecule has 0 rings (SSSR count). The van der Waals surface area contributed by atoms with E-state index < -0.39 is 0 Å². The zero-order chi connectivity index (χ0) is 7.82. The third kappa shape index (κ3) is 7.88. The number of nitrogens with one attached hydrogen (secondary N) is 1. The molecule has 0 atom stereocenters. The second-order valence-corrected chi connectivity index (χ2v) is 2.41. The number of rotatable bonds is 6. The summed E-state index contributed by atoms with van der Waals surface area (Å²) in [6, 6.07) is 0. The van der Waals surface area contributed by atoms with E-state index in [1.54, 1.807) is 0 Å². The van der Waals surface area contributed by atoms with Crippen molar-refractivity contribution in [3.8, 4) is 0 Å². The SMILES string of the molecule is CCCOCCNN(C)C. The van der Waals surface area contributed by atoms with Crippen molar-refractivity contribution < 1.29 is 4.74 Å². The molecule has 0 aromatic heterocycles. The highest BCUT2D eigenvalue weighted by atomic mass is 16.5. The summed E-state index contributed by atoms with van der Waals surface area (Å²) in [5.41, 5.74) is 3.11. The molecule has 0 aliphatic carbocycles. The molecule has 0 spiro atoms. The van der Waals surface area contributed by atoms with Crippen molar-refractivity contribution in [1.29, 1.82) is 0 Å². The van der Waals surface area contributed by atoms with E-state index in [4.69, 9.17) is 4.74 Å². The number of nitrogens with zero attached hydrogens (tertiary/aromatic N) is 1. The van der Waals surface area contributed by atoms with Gasteiger partial charge in [-0.3, -0.25) is 10.4 Å². The zero-order valence-corrected chi connectivity index (χ0v) is 7.18. The normalized spacial score (nSPS) is 10.8. The maximum absolute atomic E-state index is 5.24. The molecule has 0 unspecified atom stereocenters. The van der Waals surface area contributed by atoms with E-state index in [1.807, 2.05) is 19.1 Å². The Morgan fingerprint density at radius 1 is 1.30 bits per heavy atom. The molecule has 3 nitrogen and oxygen atoms in total. The topological polar surface area (TPSA) is 24.5 Å². The number of hydrogen-bond acceptors (Lipinski definition) is 3. The van der Waals surface area contributed by atoms with Gasteiger partial charge in [-0.25, -0.2) is 0 Å². The zero-order valence-electron chi connectivity index (χ0n) is 7.18. The lowest BCUT2D eigenvalue weighted by Crippen LogP contribution is -2.33. The molecule has 0 aliphatic rings. The van der Waals surface area contributed by atoms with Gasteiger partial charge in [0.15, 0.2) is 0 Å². The molecule has 0 bridgehead atoms. The lowest BCUT2D eigenvalue weighted by Gasteiger charge is -2.11. The Hall–Kier alpha value is -0.120. The molecule has 0 aliphatic heterocycles. The fourth-order valence-electron chi connectivity index (χ4n) is 0.588. The predicted molar refractivity (Wildman–Crippen MR) is 42.8 cm³/mol. The summed E-state index contributed by atoms with van der Waals surface area (Å²) in [6.45, 7) is 4.67. The lowest BCUT2D eigenvalue weighted by molar-refractivity contribution is 0.121. The fraction of sp³-hybridized carbons (Fsp3) is 1.00. The quantitative estimate of drug-likeness (QED) is 0.436. The number of hydrazine groups is 1. The van der Waals surface area contributed by atoms with Crippen molar-refractivity contribution in [2.45, 2.75) is 13.3 Å².